The summed E-state index contributed by atoms with van der Waals surface area (Å²) in [5.41, 5.74) is -1.27. The van der Waals surface area contributed by atoms with Crippen LogP contribution in [-0.4, -0.2) is 73.6 Å². The van der Waals surface area contributed by atoms with E-state index in [2.05, 4.69) is 5.32 Å². The van der Waals surface area contributed by atoms with Crippen LogP contribution in [0.25, 0.3) is 0 Å². The zero-order valence-electron chi connectivity index (χ0n) is 29.7. The normalized spacial score (nSPS) is 27.4. The summed E-state index contributed by atoms with van der Waals surface area (Å²) in [5, 5.41) is 48.9. The van der Waals surface area contributed by atoms with E-state index in [1.54, 1.807) is 32.9 Å². The average Bonchev–Trinajstić information content (AvgIpc) is 3.41. The highest BCUT2D eigenvalue weighted by Gasteiger charge is 2.48. The van der Waals surface area contributed by atoms with Crippen molar-refractivity contribution in [1.82, 2.24) is 5.32 Å². The van der Waals surface area contributed by atoms with E-state index in [4.69, 9.17) is 9.47 Å². The van der Waals surface area contributed by atoms with Crippen LogP contribution in [0.3, 0.4) is 0 Å². The summed E-state index contributed by atoms with van der Waals surface area (Å²) in [6.45, 7) is 6.84. The van der Waals surface area contributed by atoms with Gasteiger partial charge in [0.05, 0.1) is 41.0 Å². The minimum atomic E-state index is -1.75. The number of phenols is 2. The number of hydrogen-bond acceptors (Lipinski definition) is 11. The van der Waals surface area contributed by atoms with Gasteiger partial charge in [0.1, 0.15) is 11.5 Å². The topological polar surface area (TPSA) is 197 Å². The van der Waals surface area contributed by atoms with E-state index >= 15 is 0 Å². The lowest BCUT2D eigenvalue weighted by Gasteiger charge is -2.43. The summed E-state index contributed by atoms with van der Waals surface area (Å²) in [7, 11) is 0. The molecule has 6 atom stereocenters. The van der Waals surface area contributed by atoms with Crippen molar-refractivity contribution in [1.29, 1.82) is 0 Å². The number of aryl methyl sites for hydroxylation is 1. The summed E-state index contributed by atoms with van der Waals surface area (Å²) in [6, 6.07) is 4.81. The predicted molar refractivity (Wildman–Crippen MR) is 187 cm³/mol. The van der Waals surface area contributed by atoms with Crippen LogP contribution in [0.5, 0.6) is 11.5 Å². The maximum atomic E-state index is 13.9. The molecule has 1 heterocycles. The number of aromatic hydroxyl groups is 2. The first-order chi connectivity index (χ1) is 24.6. The number of nitrogens with one attached hydrogen (secondary N) is 1. The lowest BCUT2D eigenvalue weighted by atomic mass is 9.71. The number of ether oxygens (including phenoxy) is 2. The maximum Gasteiger partial charge on any atom is 0.223 e. The van der Waals surface area contributed by atoms with Gasteiger partial charge in [-0.25, -0.2) is 0 Å². The van der Waals surface area contributed by atoms with Gasteiger partial charge in [0.2, 0.25) is 5.91 Å². The van der Waals surface area contributed by atoms with Crippen LogP contribution < -0.4 is 5.32 Å². The molecule has 52 heavy (non-hydrogen) atoms. The van der Waals surface area contributed by atoms with E-state index in [1.807, 2.05) is 6.92 Å². The van der Waals surface area contributed by atoms with Crippen LogP contribution in [0.2, 0.25) is 0 Å². The lowest BCUT2D eigenvalue weighted by Crippen LogP contribution is -2.46. The van der Waals surface area contributed by atoms with E-state index < -0.39 is 59.2 Å². The first kappa shape index (κ1) is 37.3. The Labute approximate surface area is 301 Å². The molecular formula is C40H45NO11. The number of amides is 1. The molecular weight excluding hydrogens is 670 g/mol. The minimum absolute atomic E-state index is 0.0256. The van der Waals surface area contributed by atoms with Crippen LogP contribution >= 0.6 is 0 Å². The molecule has 0 aromatic heterocycles. The molecule has 3 aliphatic carbocycles. The molecule has 0 radical (unpaired) electrons. The molecule has 5 N–H and O–H groups in total. The molecule has 4 unspecified atom stereocenters. The molecule has 276 valence electrons. The Kier molecular flexibility index (Phi) is 10.4. The van der Waals surface area contributed by atoms with Crippen LogP contribution in [0, 0.1) is 18.8 Å². The third-order valence-electron chi connectivity index (χ3n) is 11.1. The number of fused-ring (bicyclic) bond motifs is 3. The predicted octanol–water partition coefficient (Wildman–Crippen LogP) is 4.34. The number of benzene rings is 2. The van der Waals surface area contributed by atoms with Gasteiger partial charge < -0.3 is 35.2 Å². The van der Waals surface area contributed by atoms with Crippen molar-refractivity contribution in [3.8, 4) is 11.5 Å². The Morgan fingerprint density at radius 2 is 1.69 bits per heavy atom. The second kappa shape index (κ2) is 14.5. The number of rotatable bonds is 10. The molecule has 0 spiro atoms. The molecule has 12 nitrogen and oxygen atoms in total. The summed E-state index contributed by atoms with van der Waals surface area (Å²) >= 11 is 0. The quantitative estimate of drug-likeness (QED) is 0.114. The van der Waals surface area contributed by atoms with Gasteiger partial charge in [-0.2, -0.15) is 0 Å². The number of aliphatic hydroxyl groups is 2. The summed E-state index contributed by atoms with van der Waals surface area (Å²) in [4.78, 5) is 64.0. The average molecular weight is 716 g/mol. The smallest absolute Gasteiger partial charge is 0.223 e. The number of aliphatic hydroxyl groups excluding tert-OH is 1. The Bertz CT molecular complexity index is 1880. The number of unbranched alkanes of at least 4 members (excludes halogenated alkanes) is 2. The fourth-order valence-electron chi connectivity index (χ4n) is 7.95. The maximum absolute atomic E-state index is 13.9. The Balaban J connectivity index is 1.26. The highest BCUT2D eigenvalue weighted by Crippen LogP contribution is 2.53. The Hall–Kier alpha value is -4.49. The second-order valence-corrected chi connectivity index (χ2v) is 14.7. The van der Waals surface area contributed by atoms with Crippen molar-refractivity contribution in [2.45, 2.75) is 109 Å². The van der Waals surface area contributed by atoms with E-state index in [0.29, 0.717) is 36.8 Å². The van der Waals surface area contributed by atoms with Gasteiger partial charge >= 0.3 is 0 Å². The van der Waals surface area contributed by atoms with Crippen molar-refractivity contribution in [2.24, 2.45) is 11.8 Å². The molecule has 12 heteroatoms. The standard InChI is InChI=1S/C40H45NO11/c1-19-9-8-11-24-31(19)38(48)34-33(36(24)46)37(47)25-16-40(50,17-28(32(25)39(34)49)52-30-15-20(2)35(45)22(4)51-30)21(3)18-41-29(44)12-7-5-6-10-23-26(42)13-14-27(23)43/h8-9,11,13-14,18,20,22-23,28,30,35,45,47,49-50H,5-7,10,12,15-17H2,1-4H3,(H,41,44)/b21-18+/t20?,22?,28-,30?,35?,40+/m0/s1. The lowest BCUT2D eigenvalue weighted by molar-refractivity contribution is -0.254. The van der Waals surface area contributed by atoms with E-state index in [-0.39, 0.29) is 82.5 Å². The van der Waals surface area contributed by atoms with Crippen LogP contribution in [0.15, 0.2) is 42.1 Å². The fourth-order valence-corrected chi connectivity index (χ4v) is 7.95. The number of phenolic OH excluding ortho intramolecular Hbond substituents is 2. The summed E-state index contributed by atoms with van der Waals surface area (Å²) in [6.07, 6.45) is 2.87. The monoisotopic (exact) mass is 715 g/mol. The van der Waals surface area contributed by atoms with Crippen LogP contribution in [-0.2, 0) is 30.3 Å². The molecule has 4 aliphatic rings. The van der Waals surface area contributed by atoms with Gasteiger partial charge in [-0.3, -0.25) is 24.0 Å². The van der Waals surface area contributed by atoms with Crippen molar-refractivity contribution < 1.29 is 53.9 Å². The Morgan fingerprint density at radius 1 is 1.00 bits per heavy atom. The molecule has 1 fully saturated rings. The summed E-state index contributed by atoms with van der Waals surface area (Å²) < 4.78 is 12.4. The van der Waals surface area contributed by atoms with Gasteiger partial charge in [0, 0.05) is 54.1 Å². The van der Waals surface area contributed by atoms with Crippen molar-refractivity contribution >= 4 is 29.0 Å². The van der Waals surface area contributed by atoms with E-state index in [1.165, 1.54) is 24.4 Å². The van der Waals surface area contributed by atoms with E-state index in [9.17, 15) is 44.4 Å². The molecule has 0 saturated carbocycles. The summed E-state index contributed by atoms with van der Waals surface area (Å²) in [5.74, 6) is -3.83. The van der Waals surface area contributed by atoms with Crippen LogP contribution in [0.1, 0.15) is 120 Å². The van der Waals surface area contributed by atoms with Crippen molar-refractivity contribution in [3.05, 3.63) is 81.1 Å². The van der Waals surface area contributed by atoms with Crippen molar-refractivity contribution in [2.75, 3.05) is 0 Å². The van der Waals surface area contributed by atoms with E-state index in [0.717, 1.165) is 0 Å². The minimum Gasteiger partial charge on any atom is -0.507 e. The number of allylic oxidation sites excluding steroid dienone is 2. The van der Waals surface area contributed by atoms with Gasteiger partial charge in [0.25, 0.3) is 0 Å². The third kappa shape index (κ3) is 6.76. The first-order valence-electron chi connectivity index (χ1n) is 17.9. The molecule has 1 aliphatic heterocycles. The SMILES string of the molecule is C/C(=C\NC(=O)CCCCCC1C(=O)C=CC1=O)[C@@]1(O)Cc2c(O)c3c(c(O)c2[C@@H](OC2CC(C)C(O)C(C)O2)C1)C(=O)c1c(C)cccc1C3=O. The van der Waals surface area contributed by atoms with Gasteiger partial charge in [-0.1, -0.05) is 38.0 Å². The fraction of sp³-hybridized carbons (Fsp3) is 0.475. The van der Waals surface area contributed by atoms with Gasteiger partial charge in [-0.15, -0.1) is 0 Å². The van der Waals surface area contributed by atoms with Gasteiger partial charge in [-0.05, 0) is 62.8 Å². The Morgan fingerprint density at radius 3 is 2.38 bits per heavy atom. The first-order valence-corrected chi connectivity index (χ1v) is 17.9. The molecule has 1 amide bonds. The van der Waals surface area contributed by atoms with Gasteiger partial charge in [0.15, 0.2) is 29.4 Å². The number of carbonyl (C=O) groups excluding carboxylic acids is 5. The number of ketones is 4. The molecule has 2 aromatic rings. The third-order valence-corrected chi connectivity index (χ3v) is 11.1. The largest absolute Gasteiger partial charge is 0.507 e. The van der Waals surface area contributed by atoms with Crippen molar-refractivity contribution in [3.63, 3.8) is 0 Å². The second-order valence-electron chi connectivity index (χ2n) is 14.7. The molecule has 6 rings (SSSR count). The zero-order valence-corrected chi connectivity index (χ0v) is 29.7. The highest BCUT2D eigenvalue weighted by atomic mass is 16.7. The molecule has 2 aromatic carbocycles. The van der Waals surface area contributed by atoms with Crippen LogP contribution in [0.4, 0.5) is 0 Å². The zero-order chi connectivity index (χ0) is 37.6. The number of carbonyl (C=O) groups is 5. The number of hydrogen-bond donors (Lipinski definition) is 5. The molecule has 0 bridgehead atoms. The molecule has 1 saturated heterocycles. The highest BCUT2D eigenvalue weighted by molar-refractivity contribution is 6.31.